The highest BCUT2D eigenvalue weighted by Gasteiger charge is 2.22. The molecule has 3 nitrogen and oxygen atoms in total. The van der Waals surface area contributed by atoms with Crippen LogP contribution in [-0.2, 0) is 6.54 Å². The normalized spacial score (nSPS) is 22.2. The summed E-state index contributed by atoms with van der Waals surface area (Å²) in [6.07, 6.45) is 2.52. The Morgan fingerprint density at radius 3 is 2.64 bits per heavy atom. The first-order valence-corrected chi connectivity index (χ1v) is 8.49. The average Bonchev–Trinajstić information content (AvgIpc) is 2.50. The van der Waals surface area contributed by atoms with E-state index in [2.05, 4.69) is 11.9 Å². The molecule has 3 rings (SSSR count). The molecule has 0 saturated carbocycles. The molecule has 1 aliphatic heterocycles. The Kier molecular flexibility index (Phi) is 4.28. The highest BCUT2D eigenvalue weighted by Crippen LogP contribution is 2.22. The Morgan fingerprint density at radius 2 is 1.95 bits per heavy atom. The van der Waals surface area contributed by atoms with Crippen LogP contribution in [0.15, 0.2) is 16.9 Å². The summed E-state index contributed by atoms with van der Waals surface area (Å²) in [6, 6.07) is 3.67. The van der Waals surface area contributed by atoms with Gasteiger partial charge in [0.2, 0.25) is 0 Å². The van der Waals surface area contributed by atoms with Crippen molar-refractivity contribution in [3.05, 3.63) is 44.2 Å². The fourth-order valence-electron chi connectivity index (χ4n) is 3.44. The number of aromatic nitrogens is 1. The summed E-state index contributed by atoms with van der Waals surface area (Å²) < 4.78 is 0. The van der Waals surface area contributed by atoms with E-state index in [9.17, 15) is 4.79 Å². The molecule has 2 heterocycles. The molecule has 1 aromatic heterocycles. The first-order valence-electron chi connectivity index (χ1n) is 8.11. The van der Waals surface area contributed by atoms with Crippen LogP contribution in [0, 0.1) is 19.8 Å². The first kappa shape index (κ1) is 15.6. The van der Waals surface area contributed by atoms with E-state index in [1.807, 2.05) is 26.0 Å². The molecule has 0 radical (unpaired) electrons. The smallest absolute Gasteiger partial charge is 0.198 e. The molecule has 0 amide bonds. The molecule has 4 heteroatoms. The predicted molar refractivity (Wildman–Crippen MR) is 91.9 cm³/mol. The third-order valence-corrected chi connectivity index (χ3v) is 5.50. The van der Waals surface area contributed by atoms with E-state index in [1.165, 1.54) is 17.7 Å². The molecule has 1 saturated heterocycles. The molecule has 2 N–H and O–H groups in total. The number of nitrogens with one attached hydrogen (secondary N) is 2. The summed E-state index contributed by atoms with van der Waals surface area (Å²) in [4.78, 5) is 17.8. The molecule has 0 unspecified atom stereocenters. The van der Waals surface area contributed by atoms with Crippen LogP contribution in [0.3, 0.4) is 0 Å². The number of aromatic amines is 1. The number of hydrogen-bond acceptors (Lipinski definition) is 1. The predicted octanol–water partition coefficient (Wildman–Crippen LogP) is 2.61. The van der Waals surface area contributed by atoms with E-state index in [-0.39, 0.29) is 5.43 Å². The van der Waals surface area contributed by atoms with Gasteiger partial charge >= 0.3 is 0 Å². The second-order valence-corrected chi connectivity index (χ2v) is 7.17. The molecular formula is C18H24ClN2O+. The fraction of sp³-hybridized carbons (Fsp3) is 0.500. The number of benzene rings is 1. The number of H-pyrrole nitrogens is 1. The maximum absolute atomic E-state index is 12.9. The van der Waals surface area contributed by atoms with Gasteiger partial charge < -0.3 is 9.88 Å². The quantitative estimate of drug-likeness (QED) is 0.877. The molecule has 0 atom stereocenters. The van der Waals surface area contributed by atoms with Crippen LogP contribution in [0.5, 0.6) is 0 Å². The zero-order valence-corrected chi connectivity index (χ0v) is 14.3. The first-order chi connectivity index (χ1) is 10.5. The van der Waals surface area contributed by atoms with Gasteiger partial charge in [-0.25, -0.2) is 0 Å². The van der Waals surface area contributed by atoms with Gasteiger partial charge in [0.25, 0.3) is 0 Å². The lowest BCUT2D eigenvalue weighted by atomic mass is 9.98. The molecule has 0 aliphatic carbocycles. The monoisotopic (exact) mass is 319 g/mol. The van der Waals surface area contributed by atoms with Crippen LogP contribution in [0.25, 0.3) is 10.9 Å². The second-order valence-electron chi connectivity index (χ2n) is 6.76. The van der Waals surface area contributed by atoms with E-state index >= 15 is 0 Å². The molecule has 0 bridgehead atoms. The van der Waals surface area contributed by atoms with Crippen LogP contribution >= 0.6 is 11.6 Å². The van der Waals surface area contributed by atoms with Crippen molar-refractivity contribution in [2.45, 2.75) is 40.2 Å². The molecule has 1 aromatic carbocycles. The van der Waals surface area contributed by atoms with Gasteiger partial charge in [-0.2, -0.15) is 0 Å². The largest absolute Gasteiger partial charge is 0.358 e. The number of piperidine rings is 1. The zero-order valence-electron chi connectivity index (χ0n) is 13.6. The Bertz CT molecular complexity index is 758. The van der Waals surface area contributed by atoms with Crippen LogP contribution in [0.2, 0.25) is 5.02 Å². The maximum atomic E-state index is 12.9. The third kappa shape index (κ3) is 2.80. The minimum Gasteiger partial charge on any atom is -0.358 e. The number of hydrogen-bond donors (Lipinski definition) is 2. The third-order valence-electron chi connectivity index (χ3n) is 5.09. The summed E-state index contributed by atoms with van der Waals surface area (Å²) in [5, 5.41) is 1.46. The molecular weight excluding hydrogens is 296 g/mol. The van der Waals surface area contributed by atoms with Crippen LogP contribution < -0.4 is 10.3 Å². The van der Waals surface area contributed by atoms with E-state index in [0.29, 0.717) is 5.02 Å². The second kappa shape index (κ2) is 6.05. The number of quaternary nitrogens is 1. The van der Waals surface area contributed by atoms with Gasteiger partial charge in [0.05, 0.1) is 24.2 Å². The van der Waals surface area contributed by atoms with Gasteiger partial charge in [0.1, 0.15) is 6.54 Å². The van der Waals surface area contributed by atoms with Gasteiger partial charge in [-0.15, -0.1) is 0 Å². The molecule has 118 valence electrons. The standard InChI is InChI=1S/C18H23ClN2O/c1-11-6-8-21(9-7-11)10-15-13(3)20-17-12(2)16(19)5-4-14(17)18(15)22/h4-5,11H,6-10H2,1-3H3,(H,20,22)/p+1. The van der Waals surface area contributed by atoms with Crippen molar-refractivity contribution in [1.29, 1.82) is 0 Å². The van der Waals surface area contributed by atoms with E-state index < -0.39 is 0 Å². The minimum atomic E-state index is 0.164. The van der Waals surface area contributed by atoms with Crippen LogP contribution in [0.1, 0.15) is 36.6 Å². The molecule has 2 aromatic rings. The maximum Gasteiger partial charge on any atom is 0.198 e. The van der Waals surface area contributed by atoms with Gasteiger partial charge in [-0.3, -0.25) is 4.79 Å². The summed E-state index contributed by atoms with van der Waals surface area (Å²) in [5.41, 5.74) is 3.90. The van der Waals surface area contributed by atoms with Gasteiger partial charge in [0.15, 0.2) is 5.43 Å². The topological polar surface area (TPSA) is 37.3 Å². The molecule has 22 heavy (non-hydrogen) atoms. The minimum absolute atomic E-state index is 0.164. The molecule has 1 aliphatic rings. The zero-order chi connectivity index (χ0) is 15.9. The van der Waals surface area contributed by atoms with Crippen LogP contribution in [0.4, 0.5) is 0 Å². The highest BCUT2D eigenvalue weighted by molar-refractivity contribution is 6.32. The number of pyridine rings is 1. The van der Waals surface area contributed by atoms with Gasteiger partial charge in [0, 0.05) is 16.1 Å². The van der Waals surface area contributed by atoms with E-state index in [0.717, 1.165) is 53.3 Å². The molecule has 0 spiro atoms. The van der Waals surface area contributed by atoms with E-state index in [1.54, 1.807) is 0 Å². The summed E-state index contributed by atoms with van der Waals surface area (Å²) in [6.45, 7) is 9.43. The van der Waals surface area contributed by atoms with Crippen molar-refractivity contribution in [1.82, 2.24) is 4.98 Å². The van der Waals surface area contributed by atoms with Crippen molar-refractivity contribution >= 4 is 22.5 Å². The number of aryl methyl sites for hydroxylation is 2. The molecule has 1 fully saturated rings. The number of halogens is 1. The van der Waals surface area contributed by atoms with Crippen molar-refractivity contribution in [2.75, 3.05) is 13.1 Å². The SMILES string of the molecule is Cc1[nH]c2c(C)c(Cl)ccc2c(=O)c1C[NH+]1CCC(C)CC1. The van der Waals surface area contributed by atoms with Crippen LogP contribution in [-0.4, -0.2) is 18.1 Å². The van der Waals surface area contributed by atoms with Gasteiger partial charge in [-0.05, 0) is 50.3 Å². The van der Waals surface area contributed by atoms with Crippen molar-refractivity contribution < 1.29 is 4.90 Å². The summed E-state index contributed by atoms with van der Waals surface area (Å²) in [5.74, 6) is 0.824. The number of rotatable bonds is 2. The Balaban J connectivity index is 2.00. The van der Waals surface area contributed by atoms with Gasteiger partial charge in [-0.1, -0.05) is 18.5 Å². The Morgan fingerprint density at radius 1 is 1.27 bits per heavy atom. The lowest BCUT2D eigenvalue weighted by molar-refractivity contribution is -0.919. The van der Waals surface area contributed by atoms with Crippen molar-refractivity contribution in [2.24, 2.45) is 5.92 Å². The average molecular weight is 320 g/mol. The highest BCUT2D eigenvalue weighted by atomic mass is 35.5. The number of likely N-dealkylation sites (tertiary alicyclic amines) is 1. The summed E-state index contributed by atoms with van der Waals surface area (Å²) in [7, 11) is 0. The van der Waals surface area contributed by atoms with Crippen molar-refractivity contribution in [3.63, 3.8) is 0 Å². The lowest BCUT2D eigenvalue weighted by Gasteiger charge is -2.27. The Labute approximate surface area is 136 Å². The summed E-state index contributed by atoms with van der Waals surface area (Å²) >= 11 is 6.18. The van der Waals surface area contributed by atoms with E-state index in [4.69, 9.17) is 11.6 Å². The lowest BCUT2D eigenvalue weighted by Crippen LogP contribution is -3.12. The Hall–Kier alpha value is -1.32. The fourth-order valence-corrected chi connectivity index (χ4v) is 3.60. The number of fused-ring (bicyclic) bond motifs is 1. The van der Waals surface area contributed by atoms with Crippen molar-refractivity contribution in [3.8, 4) is 0 Å².